The number of rotatable bonds is 7. The summed E-state index contributed by atoms with van der Waals surface area (Å²) in [6, 6.07) is 14.2. The van der Waals surface area contributed by atoms with E-state index in [1.54, 1.807) is 12.4 Å². The van der Waals surface area contributed by atoms with Crippen LogP contribution in [0, 0.1) is 5.92 Å². The molecule has 1 aromatic carbocycles. The van der Waals surface area contributed by atoms with Gasteiger partial charge in [-0.25, -0.2) is 0 Å². The van der Waals surface area contributed by atoms with E-state index in [9.17, 15) is 4.79 Å². The average Bonchev–Trinajstić information content (AvgIpc) is 2.79. The van der Waals surface area contributed by atoms with E-state index in [-0.39, 0.29) is 11.5 Å². The Kier molecular flexibility index (Phi) is 7.13. The van der Waals surface area contributed by atoms with Crippen molar-refractivity contribution in [2.75, 3.05) is 26.3 Å². The molecule has 2 aliphatic heterocycles. The predicted octanol–water partition coefficient (Wildman–Crippen LogP) is 4.02. The lowest BCUT2D eigenvalue weighted by molar-refractivity contribution is -0.147. The van der Waals surface area contributed by atoms with Crippen molar-refractivity contribution < 1.29 is 14.3 Å². The van der Waals surface area contributed by atoms with Crippen LogP contribution in [0.5, 0.6) is 0 Å². The summed E-state index contributed by atoms with van der Waals surface area (Å²) < 4.78 is 12.2. The van der Waals surface area contributed by atoms with E-state index < -0.39 is 0 Å². The van der Waals surface area contributed by atoms with Crippen molar-refractivity contribution in [1.29, 1.82) is 0 Å². The van der Waals surface area contributed by atoms with Gasteiger partial charge in [-0.1, -0.05) is 30.3 Å². The maximum Gasteiger partial charge on any atom is 0.226 e. The van der Waals surface area contributed by atoms with Gasteiger partial charge in [0.1, 0.15) is 0 Å². The lowest BCUT2D eigenvalue weighted by Crippen LogP contribution is -2.51. The molecule has 2 fully saturated rings. The topological polar surface area (TPSA) is 51.7 Å². The molecule has 1 amide bonds. The molecule has 160 valence electrons. The number of carbonyl (C=O) groups is 1. The van der Waals surface area contributed by atoms with E-state index >= 15 is 0 Å². The number of hydrogen-bond donors (Lipinski definition) is 0. The number of ether oxygens (including phenoxy) is 2. The zero-order chi connectivity index (χ0) is 20.7. The van der Waals surface area contributed by atoms with Gasteiger partial charge in [0.2, 0.25) is 5.91 Å². The largest absolute Gasteiger partial charge is 0.377 e. The number of pyridine rings is 1. The molecule has 0 N–H and O–H groups in total. The van der Waals surface area contributed by atoms with Crippen molar-refractivity contribution >= 4 is 5.91 Å². The number of carbonyl (C=O) groups excluding carboxylic acids is 1. The minimum atomic E-state index is -0.0458. The van der Waals surface area contributed by atoms with Crippen LogP contribution in [-0.2, 0) is 27.3 Å². The normalized spacial score (nSPS) is 20.9. The fourth-order valence-corrected chi connectivity index (χ4v) is 4.69. The van der Waals surface area contributed by atoms with Gasteiger partial charge < -0.3 is 14.4 Å². The molecule has 0 aliphatic carbocycles. The summed E-state index contributed by atoms with van der Waals surface area (Å²) in [7, 11) is 0. The number of amides is 1. The van der Waals surface area contributed by atoms with Gasteiger partial charge in [-0.2, -0.15) is 0 Å². The third kappa shape index (κ3) is 5.67. The third-order valence-corrected chi connectivity index (χ3v) is 6.51. The van der Waals surface area contributed by atoms with Crippen molar-refractivity contribution in [1.82, 2.24) is 9.88 Å². The van der Waals surface area contributed by atoms with Gasteiger partial charge in [0.25, 0.3) is 0 Å². The molecule has 2 saturated heterocycles. The molecule has 1 aromatic heterocycles. The molecule has 0 radical (unpaired) electrons. The monoisotopic (exact) mass is 408 g/mol. The lowest BCUT2D eigenvalue weighted by Gasteiger charge is -2.46. The van der Waals surface area contributed by atoms with Crippen LogP contribution in [0.2, 0.25) is 0 Å². The summed E-state index contributed by atoms with van der Waals surface area (Å²) in [5, 5.41) is 0. The number of piperidine rings is 1. The summed E-state index contributed by atoms with van der Waals surface area (Å²) in [6.07, 6.45) is 9.11. The second-order valence-corrected chi connectivity index (χ2v) is 8.63. The van der Waals surface area contributed by atoms with Crippen LogP contribution in [0.4, 0.5) is 0 Å². The van der Waals surface area contributed by atoms with E-state index in [0.717, 1.165) is 64.0 Å². The van der Waals surface area contributed by atoms with Crippen LogP contribution in [0.3, 0.4) is 0 Å². The van der Waals surface area contributed by atoms with E-state index in [4.69, 9.17) is 9.47 Å². The minimum Gasteiger partial charge on any atom is -0.377 e. The molecular weight excluding hydrogens is 376 g/mol. The molecule has 2 aromatic rings. The van der Waals surface area contributed by atoms with Crippen LogP contribution in [0.1, 0.15) is 43.2 Å². The Bertz CT molecular complexity index is 789. The Labute approximate surface area is 179 Å². The van der Waals surface area contributed by atoms with E-state index in [1.807, 2.05) is 23.1 Å². The van der Waals surface area contributed by atoms with Crippen molar-refractivity contribution in [2.45, 2.75) is 50.7 Å². The van der Waals surface area contributed by atoms with Gasteiger partial charge >= 0.3 is 0 Å². The maximum absolute atomic E-state index is 12.6. The van der Waals surface area contributed by atoms with E-state index in [2.05, 4.69) is 29.2 Å². The molecular formula is C25H32N2O3. The molecule has 5 heteroatoms. The van der Waals surface area contributed by atoms with Gasteiger partial charge in [0, 0.05) is 38.7 Å². The Balaban J connectivity index is 1.20. The summed E-state index contributed by atoms with van der Waals surface area (Å²) in [5.41, 5.74) is 2.21. The lowest BCUT2D eigenvalue weighted by atomic mass is 9.78. The molecule has 0 bridgehead atoms. The smallest absolute Gasteiger partial charge is 0.226 e. The third-order valence-electron chi connectivity index (χ3n) is 6.51. The molecule has 5 nitrogen and oxygen atoms in total. The standard InChI is InChI=1S/C25H32N2O3/c28-24(18-21-6-12-26-13-7-21)27-14-10-25(11-15-27)19-22(9-17-30-25)8-16-29-20-23-4-2-1-3-5-23/h1-7,12-13,22H,8-11,14-20H2. The quantitative estimate of drug-likeness (QED) is 0.650. The highest BCUT2D eigenvalue weighted by Gasteiger charge is 2.40. The highest BCUT2D eigenvalue weighted by atomic mass is 16.5. The van der Waals surface area contributed by atoms with Crippen LogP contribution in [0.25, 0.3) is 0 Å². The summed E-state index contributed by atoms with van der Waals surface area (Å²) in [5.74, 6) is 0.853. The zero-order valence-electron chi connectivity index (χ0n) is 17.7. The van der Waals surface area contributed by atoms with Crippen molar-refractivity contribution in [3.05, 3.63) is 66.0 Å². The first-order chi connectivity index (χ1) is 14.7. The van der Waals surface area contributed by atoms with Crippen molar-refractivity contribution in [3.8, 4) is 0 Å². The second kappa shape index (κ2) is 10.2. The highest BCUT2D eigenvalue weighted by molar-refractivity contribution is 5.78. The molecule has 1 spiro atoms. The van der Waals surface area contributed by atoms with Crippen LogP contribution >= 0.6 is 0 Å². The average molecular weight is 409 g/mol. The minimum absolute atomic E-state index is 0.0458. The van der Waals surface area contributed by atoms with Crippen molar-refractivity contribution in [2.24, 2.45) is 5.92 Å². The summed E-state index contributed by atoms with van der Waals surface area (Å²) >= 11 is 0. The van der Waals surface area contributed by atoms with Crippen molar-refractivity contribution in [3.63, 3.8) is 0 Å². The SMILES string of the molecule is O=C(Cc1ccncc1)N1CCC2(CC1)CC(CCOCc1ccccc1)CCO2. The van der Waals surface area contributed by atoms with Gasteiger partial charge in [-0.05, 0) is 61.3 Å². The molecule has 3 heterocycles. The molecule has 1 unspecified atom stereocenters. The zero-order valence-corrected chi connectivity index (χ0v) is 17.7. The van der Waals surface area contributed by atoms with Gasteiger partial charge in [-0.15, -0.1) is 0 Å². The van der Waals surface area contributed by atoms with Gasteiger partial charge in [0.15, 0.2) is 0 Å². The summed E-state index contributed by atoms with van der Waals surface area (Å²) in [6.45, 7) is 3.90. The molecule has 30 heavy (non-hydrogen) atoms. The van der Waals surface area contributed by atoms with Crippen LogP contribution < -0.4 is 0 Å². The van der Waals surface area contributed by atoms with Crippen LogP contribution in [-0.4, -0.2) is 47.7 Å². The number of nitrogens with zero attached hydrogens (tertiary/aromatic N) is 2. The molecule has 2 aliphatic rings. The molecule has 4 rings (SSSR count). The maximum atomic E-state index is 12.6. The molecule has 1 atom stereocenters. The fourth-order valence-electron chi connectivity index (χ4n) is 4.69. The Hall–Kier alpha value is -2.24. The first-order valence-corrected chi connectivity index (χ1v) is 11.1. The Morgan fingerprint density at radius 1 is 1.10 bits per heavy atom. The predicted molar refractivity (Wildman–Crippen MR) is 116 cm³/mol. The van der Waals surface area contributed by atoms with E-state index in [1.165, 1.54) is 5.56 Å². The Morgan fingerprint density at radius 3 is 2.63 bits per heavy atom. The van der Waals surface area contributed by atoms with Crippen LogP contribution in [0.15, 0.2) is 54.9 Å². The number of hydrogen-bond acceptors (Lipinski definition) is 4. The fraction of sp³-hybridized carbons (Fsp3) is 0.520. The first kappa shape index (κ1) is 21.0. The van der Waals surface area contributed by atoms with Gasteiger partial charge in [-0.3, -0.25) is 9.78 Å². The molecule has 0 saturated carbocycles. The van der Waals surface area contributed by atoms with Gasteiger partial charge in [0.05, 0.1) is 18.6 Å². The first-order valence-electron chi connectivity index (χ1n) is 11.1. The number of likely N-dealkylation sites (tertiary alicyclic amines) is 1. The number of benzene rings is 1. The highest BCUT2D eigenvalue weighted by Crippen LogP contribution is 2.38. The number of aromatic nitrogens is 1. The van der Waals surface area contributed by atoms with E-state index in [0.29, 0.717) is 18.9 Å². The second-order valence-electron chi connectivity index (χ2n) is 8.63. The summed E-state index contributed by atoms with van der Waals surface area (Å²) in [4.78, 5) is 18.7. The Morgan fingerprint density at radius 2 is 1.87 bits per heavy atom.